The molecule has 0 aliphatic heterocycles. The number of aliphatic hydroxyl groups excluding tert-OH is 1. The van der Waals surface area contributed by atoms with E-state index in [2.05, 4.69) is 61.5 Å². The Hall–Kier alpha value is -0.630. The van der Waals surface area contributed by atoms with Crippen LogP contribution in [0, 0.1) is 50.2 Å². The van der Waals surface area contributed by atoms with Crippen molar-refractivity contribution < 1.29 is 9.90 Å². The molecule has 8 atom stereocenters. The predicted molar refractivity (Wildman–Crippen MR) is 131 cm³/mol. The van der Waals surface area contributed by atoms with Crippen molar-refractivity contribution >= 4 is 5.78 Å². The van der Waals surface area contributed by atoms with E-state index in [4.69, 9.17) is 0 Å². The number of allylic oxidation sites excluding steroid dienone is 1. The van der Waals surface area contributed by atoms with E-state index in [1.807, 2.05) is 0 Å². The van der Waals surface area contributed by atoms with E-state index in [1.54, 1.807) is 5.57 Å². The maximum Gasteiger partial charge on any atom is 0.138 e. The quantitative estimate of drug-likeness (QED) is 0.400. The summed E-state index contributed by atoms with van der Waals surface area (Å²) in [6, 6.07) is 0. The third-order valence-corrected chi connectivity index (χ3v) is 12.8. The van der Waals surface area contributed by atoms with Gasteiger partial charge in [0.05, 0.1) is 6.10 Å². The van der Waals surface area contributed by atoms with Gasteiger partial charge in [0.1, 0.15) is 5.78 Å². The lowest BCUT2D eigenvalue weighted by Gasteiger charge is -2.71. The number of fused-ring (bicyclic) bond motifs is 7. The average molecular weight is 441 g/mol. The summed E-state index contributed by atoms with van der Waals surface area (Å²) in [7, 11) is 0. The monoisotopic (exact) mass is 440 g/mol. The Bertz CT molecular complexity index is 866. The zero-order valence-electron chi connectivity index (χ0n) is 22.1. The molecule has 0 saturated heterocycles. The first-order valence-corrected chi connectivity index (χ1v) is 13.5. The van der Waals surface area contributed by atoms with E-state index >= 15 is 0 Å². The smallest absolute Gasteiger partial charge is 0.138 e. The normalized spacial score (nSPS) is 53.9. The van der Waals surface area contributed by atoms with Crippen molar-refractivity contribution in [2.75, 3.05) is 0 Å². The van der Waals surface area contributed by atoms with E-state index < -0.39 is 0 Å². The summed E-state index contributed by atoms with van der Waals surface area (Å²) in [6.45, 7) is 19.4. The van der Waals surface area contributed by atoms with Crippen LogP contribution in [0.1, 0.15) is 113 Å². The van der Waals surface area contributed by atoms with E-state index in [9.17, 15) is 9.90 Å². The van der Waals surface area contributed by atoms with Crippen LogP contribution in [-0.2, 0) is 4.79 Å². The summed E-state index contributed by atoms with van der Waals surface area (Å²) >= 11 is 0. The summed E-state index contributed by atoms with van der Waals surface area (Å²) in [4.78, 5) is 12.9. The standard InChI is InChI=1S/C30H48O2/c1-25(2)13-14-27(5)15-16-29(7)19(20(27)18-25)17-21(31)24-28(6)11-10-23(32)26(3,4)22(28)9-12-30(24,29)8/h17,20-22,24,31H,9-16,18H2,1-8H3/t20-,21+,22-,24+,27+,28-,29+,30+/m0/s1. The number of carbonyl (C=O) groups is 1. The van der Waals surface area contributed by atoms with Crippen LogP contribution in [0.4, 0.5) is 0 Å². The van der Waals surface area contributed by atoms with Crippen LogP contribution in [-0.4, -0.2) is 17.0 Å². The summed E-state index contributed by atoms with van der Waals surface area (Å²) in [5.41, 5.74) is 2.42. The number of aliphatic hydroxyl groups is 1. The molecule has 0 unspecified atom stereocenters. The SMILES string of the molecule is CC1(C)CC[C@]2(C)CC[C@]3(C)C(=C[C@@H](O)[C@@H]4[C@@]5(C)CCC(=O)C(C)(C)[C@@H]5CC[C@]43C)[C@@H]2C1. The minimum absolute atomic E-state index is 0.0292. The molecule has 0 radical (unpaired) electrons. The highest BCUT2D eigenvalue weighted by atomic mass is 16.3. The molecule has 5 aliphatic rings. The number of hydrogen-bond donors (Lipinski definition) is 1. The molecule has 2 nitrogen and oxygen atoms in total. The molecule has 4 saturated carbocycles. The third-order valence-electron chi connectivity index (χ3n) is 12.8. The highest BCUT2D eigenvalue weighted by Gasteiger charge is 2.69. The molecule has 2 heteroatoms. The maximum atomic E-state index is 12.9. The number of Topliss-reactive ketones (excluding diaryl/α,β-unsaturated/α-hetero) is 1. The summed E-state index contributed by atoms with van der Waals surface area (Å²) < 4.78 is 0. The summed E-state index contributed by atoms with van der Waals surface area (Å²) in [6.07, 6.45) is 12.4. The van der Waals surface area contributed by atoms with E-state index in [-0.39, 0.29) is 33.7 Å². The molecule has 0 amide bonds. The number of ketones is 1. The minimum atomic E-state index is -0.382. The predicted octanol–water partition coefficient (Wildman–Crippen LogP) is 7.35. The molecule has 5 aliphatic carbocycles. The van der Waals surface area contributed by atoms with Gasteiger partial charge < -0.3 is 5.11 Å². The Kier molecular flexibility index (Phi) is 4.71. The molecule has 4 fully saturated rings. The van der Waals surface area contributed by atoms with Gasteiger partial charge in [-0.15, -0.1) is 0 Å². The van der Waals surface area contributed by atoms with Crippen LogP contribution < -0.4 is 0 Å². The first kappa shape index (κ1) is 23.1. The summed E-state index contributed by atoms with van der Waals surface area (Å²) in [5.74, 6) is 1.67. The molecular formula is C30H48O2. The number of rotatable bonds is 0. The Morgan fingerprint density at radius 2 is 1.53 bits per heavy atom. The third kappa shape index (κ3) is 2.71. The van der Waals surface area contributed by atoms with Gasteiger partial charge in [-0.25, -0.2) is 0 Å². The van der Waals surface area contributed by atoms with E-state index in [0.717, 1.165) is 19.3 Å². The molecule has 0 aromatic heterocycles. The molecule has 1 N–H and O–H groups in total. The van der Waals surface area contributed by atoms with Crippen LogP contribution in [0.5, 0.6) is 0 Å². The topological polar surface area (TPSA) is 37.3 Å². The second-order valence-corrected chi connectivity index (χ2v) is 15.2. The van der Waals surface area contributed by atoms with E-state index in [1.165, 1.54) is 32.1 Å². The second-order valence-electron chi connectivity index (χ2n) is 15.2. The van der Waals surface area contributed by atoms with E-state index in [0.29, 0.717) is 34.9 Å². The van der Waals surface area contributed by atoms with Gasteiger partial charge in [-0.3, -0.25) is 4.79 Å². The Balaban J connectivity index is 1.63. The van der Waals surface area contributed by atoms with Gasteiger partial charge in [-0.1, -0.05) is 67.0 Å². The first-order chi connectivity index (χ1) is 14.6. The van der Waals surface area contributed by atoms with Gasteiger partial charge >= 0.3 is 0 Å². The second kappa shape index (κ2) is 6.52. The van der Waals surface area contributed by atoms with Crippen molar-refractivity contribution in [2.45, 2.75) is 119 Å². The molecule has 0 aromatic carbocycles. The van der Waals surface area contributed by atoms with Gasteiger partial charge in [0.2, 0.25) is 0 Å². The van der Waals surface area contributed by atoms with Crippen molar-refractivity contribution in [3.8, 4) is 0 Å². The molecule has 0 spiro atoms. The fourth-order valence-corrected chi connectivity index (χ4v) is 10.4. The Labute approximate surface area is 197 Å². The number of hydrogen-bond acceptors (Lipinski definition) is 2. The molecule has 0 bridgehead atoms. The fraction of sp³-hybridized carbons (Fsp3) is 0.900. The van der Waals surface area contributed by atoms with Crippen molar-refractivity contribution in [3.63, 3.8) is 0 Å². The van der Waals surface area contributed by atoms with Crippen LogP contribution in [0.2, 0.25) is 0 Å². The zero-order valence-corrected chi connectivity index (χ0v) is 22.1. The lowest BCUT2D eigenvalue weighted by Crippen LogP contribution is -2.66. The molecule has 0 heterocycles. The van der Waals surface area contributed by atoms with Crippen LogP contribution in [0.15, 0.2) is 11.6 Å². The lowest BCUT2D eigenvalue weighted by molar-refractivity contribution is -0.206. The zero-order chi connectivity index (χ0) is 23.5. The molecule has 0 aromatic rings. The lowest BCUT2D eigenvalue weighted by atomic mass is 9.33. The van der Waals surface area contributed by atoms with Gasteiger partial charge in [-0.05, 0) is 90.3 Å². The molecule has 5 rings (SSSR count). The van der Waals surface area contributed by atoms with Crippen molar-refractivity contribution in [2.24, 2.45) is 50.2 Å². The van der Waals surface area contributed by atoms with Crippen LogP contribution in [0.25, 0.3) is 0 Å². The molecule has 32 heavy (non-hydrogen) atoms. The van der Waals surface area contributed by atoms with Crippen molar-refractivity contribution in [3.05, 3.63) is 11.6 Å². The first-order valence-electron chi connectivity index (χ1n) is 13.5. The molecule has 180 valence electrons. The average Bonchev–Trinajstić information content (AvgIpc) is 2.68. The van der Waals surface area contributed by atoms with Gasteiger partial charge in [0, 0.05) is 17.8 Å². The highest BCUT2D eigenvalue weighted by molar-refractivity contribution is 5.85. The minimum Gasteiger partial charge on any atom is -0.389 e. The van der Waals surface area contributed by atoms with Crippen molar-refractivity contribution in [1.29, 1.82) is 0 Å². The summed E-state index contributed by atoms with van der Waals surface area (Å²) in [5, 5.41) is 11.9. The Morgan fingerprint density at radius 1 is 0.875 bits per heavy atom. The number of carbonyl (C=O) groups excluding carboxylic acids is 1. The Morgan fingerprint density at radius 3 is 2.22 bits per heavy atom. The fourth-order valence-electron chi connectivity index (χ4n) is 10.4. The van der Waals surface area contributed by atoms with Gasteiger partial charge in [0.15, 0.2) is 0 Å². The van der Waals surface area contributed by atoms with Crippen molar-refractivity contribution in [1.82, 2.24) is 0 Å². The van der Waals surface area contributed by atoms with Crippen LogP contribution >= 0.6 is 0 Å². The maximum absolute atomic E-state index is 12.9. The molecular weight excluding hydrogens is 392 g/mol. The highest BCUT2D eigenvalue weighted by Crippen LogP contribution is 2.75. The van der Waals surface area contributed by atoms with Crippen LogP contribution in [0.3, 0.4) is 0 Å². The van der Waals surface area contributed by atoms with Gasteiger partial charge in [-0.2, -0.15) is 0 Å². The van der Waals surface area contributed by atoms with Gasteiger partial charge in [0.25, 0.3) is 0 Å². The largest absolute Gasteiger partial charge is 0.389 e.